The van der Waals surface area contributed by atoms with Gasteiger partial charge in [-0.1, -0.05) is 29.8 Å². The Morgan fingerprint density at radius 2 is 1.88 bits per heavy atom. The third kappa shape index (κ3) is 4.60. The Hall–Kier alpha value is -1.43. The SMILES string of the molecule is Cc1ccc(C2(C(=O)NCCCN3CCNCC3)CCOCC2)cc1. The maximum Gasteiger partial charge on any atom is 0.230 e. The van der Waals surface area contributed by atoms with Gasteiger partial charge in [0.05, 0.1) is 5.41 Å². The zero-order valence-electron chi connectivity index (χ0n) is 15.4. The standard InChI is InChI=1S/C20H31N3O2/c1-17-3-5-18(6-4-17)20(7-15-25-16-8-20)19(24)22-9-2-12-23-13-10-21-11-14-23/h3-6,21H,2,7-16H2,1H3,(H,22,24). The van der Waals surface area contributed by atoms with Gasteiger partial charge in [-0.3, -0.25) is 4.79 Å². The molecule has 138 valence electrons. The quantitative estimate of drug-likeness (QED) is 0.767. The second-order valence-corrected chi connectivity index (χ2v) is 7.26. The average Bonchev–Trinajstić information content (AvgIpc) is 2.67. The van der Waals surface area contributed by atoms with E-state index in [4.69, 9.17) is 4.74 Å². The van der Waals surface area contributed by atoms with Crippen molar-refractivity contribution < 1.29 is 9.53 Å². The number of nitrogens with one attached hydrogen (secondary N) is 2. The maximum absolute atomic E-state index is 13.1. The highest BCUT2D eigenvalue weighted by Crippen LogP contribution is 2.35. The van der Waals surface area contributed by atoms with Crippen molar-refractivity contribution in [2.45, 2.75) is 31.6 Å². The van der Waals surface area contributed by atoms with Gasteiger partial charge in [0, 0.05) is 45.9 Å². The Morgan fingerprint density at radius 3 is 2.56 bits per heavy atom. The Labute approximate surface area is 151 Å². The second-order valence-electron chi connectivity index (χ2n) is 7.26. The molecule has 0 radical (unpaired) electrons. The maximum atomic E-state index is 13.1. The van der Waals surface area contributed by atoms with Gasteiger partial charge in [-0.05, 0) is 38.3 Å². The number of hydrogen-bond donors (Lipinski definition) is 2. The van der Waals surface area contributed by atoms with Crippen molar-refractivity contribution in [2.75, 3.05) is 52.5 Å². The van der Waals surface area contributed by atoms with Crippen molar-refractivity contribution in [3.8, 4) is 0 Å². The fourth-order valence-electron chi connectivity index (χ4n) is 3.85. The van der Waals surface area contributed by atoms with E-state index in [0.29, 0.717) is 13.2 Å². The Bertz CT molecular complexity index is 547. The van der Waals surface area contributed by atoms with Gasteiger partial charge in [0.25, 0.3) is 0 Å². The van der Waals surface area contributed by atoms with Crippen LogP contribution >= 0.6 is 0 Å². The fraction of sp³-hybridized carbons (Fsp3) is 0.650. The van der Waals surface area contributed by atoms with Crippen LogP contribution in [0.2, 0.25) is 0 Å². The van der Waals surface area contributed by atoms with Crippen molar-refractivity contribution in [1.29, 1.82) is 0 Å². The number of ether oxygens (including phenoxy) is 1. The molecular weight excluding hydrogens is 314 g/mol. The van der Waals surface area contributed by atoms with Gasteiger partial charge >= 0.3 is 0 Å². The van der Waals surface area contributed by atoms with E-state index in [1.807, 2.05) is 0 Å². The normalized spacial score (nSPS) is 21.0. The van der Waals surface area contributed by atoms with Gasteiger partial charge in [-0.25, -0.2) is 0 Å². The summed E-state index contributed by atoms with van der Waals surface area (Å²) in [5.74, 6) is 0.167. The first kappa shape index (κ1) is 18.4. The zero-order chi connectivity index (χ0) is 17.5. The predicted molar refractivity (Wildman–Crippen MR) is 99.8 cm³/mol. The lowest BCUT2D eigenvalue weighted by Crippen LogP contribution is -2.49. The molecule has 0 aliphatic carbocycles. The highest BCUT2D eigenvalue weighted by atomic mass is 16.5. The molecule has 1 amide bonds. The lowest BCUT2D eigenvalue weighted by Gasteiger charge is -2.36. The third-order valence-electron chi connectivity index (χ3n) is 5.53. The van der Waals surface area contributed by atoms with E-state index < -0.39 is 5.41 Å². The van der Waals surface area contributed by atoms with E-state index >= 15 is 0 Å². The molecule has 1 aromatic carbocycles. The Kier molecular flexibility index (Phi) is 6.45. The number of hydrogen-bond acceptors (Lipinski definition) is 4. The van der Waals surface area contributed by atoms with Gasteiger partial charge < -0.3 is 20.3 Å². The molecule has 2 heterocycles. The first-order chi connectivity index (χ1) is 12.2. The van der Waals surface area contributed by atoms with Crippen LogP contribution in [0.25, 0.3) is 0 Å². The van der Waals surface area contributed by atoms with Crippen LogP contribution in [0, 0.1) is 6.92 Å². The number of rotatable bonds is 6. The van der Waals surface area contributed by atoms with Crippen LogP contribution in [0.3, 0.4) is 0 Å². The van der Waals surface area contributed by atoms with Gasteiger partial charge in [-0.2, -0.15) is 0 Å². The topological polar surface area (TPSA) is 53.6 Å². The number of nitrogens with zero attached hydrogens (tertiary/aromatic N) is 1. The summed E-state index contributed by atoms with van der Waals surface area (Å²) in [5, 5.41) is 6.58. The Balaban J connectivity index is 1.57. The van der Waals surface area contributed by atoms with Gasteiger partial charge in [-0.15, -0.1) is 0 Å². The smallest absolute Gasteiger partial charge is 0.230 e. The second kappa shape index (κ2) is 8.79. The van der Waals surface area contributed by atoms with Crippen LogP contribution in [0.1, 0.15) is 30.4 Å². The summed E-state index contributed by atoms with van der Waals surface area (Å²) in [5.41, 5.74) is 1.92. The molecule has 0 atom stereocenters. The molecule has 2 aliphatic heterocycles. The first-order valence-corrected chi connectivity index (χ1v) is 9.57. The minimum absolute atomic E-state index is 0.167. The summed E-state index contributed by atoms with van der Waals surface area (Å²) < 4.78 is 5.53. The summed E-state index contributed by atoms with van der Waals surface area (Å²) in [7, 11) is 0. The predicted octanol–water partition coefficient (Wildman–Crippen LogP) is 1.45. The van der Waals surface area contributed by atoms with E-state index in [1.165, 1.54) is 5.56 Å². The molecule has 5 heteroatoms. The minimum Gasteiger partial charge on any atom is -0.381 e. The first-order valence-electron chi connectivity index (χ1n) is 9.57. The molecule has 0 spiro atoms. The number of carbonyl (C=O) groups is 1. The highest BCUT2D eigenvalue weighted by Gasteiger charge is 2.41. The average molecular weight is 345 g/mol. The molecule has 0 unspecified atom stereocenters. The molecule has 1 aromatic rings. The summed E-state index contributed by atoms with van der Waals surface area (Å²) in [6, 6.07) is 8.43. The highest BCUT2D eigenvalue weighted by molar-refractivity contribution is 5.88. The summed E-state index contributed by atoms with van der Waals surface area (Å²) in [6.07, 6.45) is 2.53. The third-order valence-corrected chi connectivity index (χ3v) is 5.53. The Morgan fingerprint density at radius 1 is 1.20 bits per heavy atom. The van der Waals surface area contributed by atoms with Crippen molar-refractivity contribution >= 4 is 5.91 Å². The minimum atomic E-state index is -0.430. The van der Waals surface area contributed by atoms with Crippen LogP contribution in [-0.4, -0.2) is 63.3 Å². The summed E-state index contributed by atoms with van der Waals surface area (Å²) in [4.78, 5) is 15.5. The van der Waals surface area contributed by atoms with E-state index in [9.17, 15) is 4.79 Å². The lowest BCUT2D eigenvalue weighted by molar-refractivity contribution is -0.130. The molecule has 2 aliphatic rings. The van der Waals surface area contributed by atoms with Crippen LogP contribution in [0.4, 0.5) is 0 Å². The molecule has 2 N–H and O–H groups in total. The van der Waals surface area contributed by atoms with E-state index in [-0.39, 0.29) is 5.91 Å². The van der Waals surface area contributed by atoms with Crippen LogP contribution in [0.15, 0.2) is 24.3 Å². The largest absolute Gasteiger partial charge is 0.381 e. The molecule has 0 saturated carbocycles. The summed E-state index contributed by atoms with van der Waals surface area (Å²) >= 11 is 0. The molecule has 3 rings (SSSR count). The number of piperazine rings is 1. The molecule has 0 aromatic heterocycles. The molecule has 0 bridgehead atoms. The molecule has 2 fully saturated rings. The molecule has 2 saturated heterocycles. The summed E-state index contributed by atoms with van der Waals surface area (Å²) in [6.45, 7) is 9.56. The molecule has 5 nitrogen and oxygen atoms in total. The van der Waals surface area contributed by atoms with Gasteiger partial charge in [0.2, 0.25) is 5.91 Å². The number of aryl methyl sites for hydroxylation is 1. The van der Waals surface area contributed by atoms with Crippen molar-refractivity contribution in [1.82, 2.24) is 15.5 Å². The lowest BCUT2D eigenvalue weighted by atomic mass is 9.73. The van der Waals surface area contributed by atoms with Crippen LogP contribution in [-0.2, 0) is 14.9 Å². The molecular formula is C20H31N3O2. The van der Waals surface area contributed by atoms with Crippen LogP contribution < -0.4 is 10.6 Å². The monoisotopic (exact) mass is 345 g/mol. The van der Waals surface area contributed by atoms with Crippen molar-refractivity contribution in [3.05, 3.63) is 35.4 Å². The van der Waals surface area contributed by atoms with Gasteiger partial charge in [0.15, 0.2) is 0 Å². The van der Waals surface area contributed by atoms with Crippen molar-refractivity contribution in [2.24, 2.45) is 0 Å². The fourth-order valence-corrected chi connectivity index (χ4v) is 3.85. The molecule has 25 heavy (non-hydrogen) atoms. The number of amides is 1. The van der Waals surface area contributed by atoms with Crippen LogP contribution in [0.5, 0.6) is 0 Å². The van der Waals surface area contributed by atoms with Gasteiger partial charge in [0.1, 0.15) is 0 Å². The van der Waals surface area contributed by atoms with E-state index in [1.54, 1.807) is 0 Å². The number of carbonyl (C=O) groups excluding carboxylic acids is 1. The van der Waals surface area contributed by atoms with Crippen molar-refractivity contribution in [3.63, 3.8) is 0 Å². The zero-order valence-corrected chi connectivity index (χ0v) is 15.4. The number of benzene rings is 1. The van der Waals surface area contributed by atoms with E-state index in [2.05, 4.69) is 46.7 Å². The van der Waals surface area contributed by atoms with E-state index in [0.717, 1.165) is 64.1 Å².